The number of para-hydroxylation sites is 1. The number of rotatable bonds is 6. The van der Waals surface area contributed by atoms with E-state index in [0.29, 0.717) is 13.1 Å². The van der Waals surface area contributed by atoms with Crippen molar-refractivity contribution in [3.63, 3.8) is 0 Å². The van der Waals surface area contributed by atoms with Crippen molar-refractivity contribution in [2.75, 3.05) is 18.4 Å². The Morgan fingerprint density at radius 1 is 1.05 bits per heavy atom. The van der Waals surface area contributed by atoms with Gasteiger partial charge in [0.25, 0.3) is 0 Å². The molecule has 0 aromatic heterocycles. The van der Waals surface area contributed by atoms with E-state index < -0.39 is 23.2 Å². The first kappa shape index (κ1) is 16.1. The van der Waals surface area contributed by atoms with Gasteiger partial charge in [-0.1, -0.05) is 43.3 Å². The molecule has 0 heterocycles. The number of likely N-dealkylation sites (N-methyl/N-ethyl adjacent to an activating group) is 1. The number of anilines is 1. The predicted octanol–water partition coefficient (Wildman–Crippen LogP) is 3.43. The van der Waals surface area contributed by atoms with E-state index in [1.54, 1.807) is 0 Å². The largest absolute Gasteiger partial charge is 0.320 e. The van der Waals surface area contributed by atoms with Gasteiger partial charge in [-0.2, -0.15) is 0 Å². The molecule has 0 saturated carbocycles. The highest BCUT2D eigenvalue weighted by atomic mass is 19.1. The highest BCUT2D eigenvalue weighted by Crippen LogP contribution is 2.17. The molecule has 0 bridgehead atoms. The lowest BCUT2D eigenvalue weighted by molar-refractivity contribution is -0.117. The minimum absolute atomic E-state index is 0.0686. The molecule has 2 rings (SSSR count). The van der Waals surface area contributed by atoms with Crippen LogP contribution in [0.15, 0.2) is 48.5 Å². The van der Waals surface area contributed by atoms with Gasteiger partial charge in [-0.15, -0.1) is 0 Å². The standard InChI is InChI=1S/C17H18F2N2O/c1-2-21(11-13-7-4-3-5-8-13)12-16(22)20-17-14(18)9-6-10-15(17)19/h3-10H,2,11-12H2,1H3,(H,20,22). The third-order valence-electron chi connectivity index (χ3n) is 3.29. The summed E-state index contributed by atoms with van der Waals surface area (Å²) in [5.41, 5.74) is 0.678. The number of amides is 1. The molecule has 116 valence electrons. The fraction of sp³-hybridized carbons (Fsp3) is 0.235. The van der Waals surface area contributed by atoms with E-state index in [4.69, 9.17) is 0 Å². The van der Waals surface area contributed by atoms with E-state index in [1.165, 1.54) is 6.07 Å². The van der Waals surface area contributed by atoms with E-state index in [9.17, 15) is 13.6 Å². The first-order valence-corrected chi connectivity index (χ1v) is 7.10. The van der Waals surface area contributed by atoms with E-state index >= 15 is 0 Å². The monoisotopic (exact) mass is 304 g/mol. The Bertz CT molecular complexity index is 612. The van der Waals surface area contributed by atoms with Crippen LogP contribution in [0.2, 0.25) is 0 Å². The minimum atomic E-state index is -0.778. The molecule has 0 aliphatic carbocycles. The van der Waals surface area contributed by atoms with Gasteiger partial charge in [0.05, 0.1) is 6.54 Å². The summed E-state index contributed by atoms with van der Waals surface area (Å²) in [5, 5.41) is 2.30. The average Bonchev–Trinajstić information content (AvgIpc) is 2.51. The molecular weight excluding hydrogens is 286 g/mol. The maximum Gasteiger partial charge on any atom is 0.238 e. The summed E-state index contributed by atoms with van der Waals surface area (Å²) in [6.45, 7) is 3.26. The number of nitrogens with one attached hydrogen (secondary N) is 1. The van der Waals surface area contributed by atoms with Gasteiger partial charge in [-0.25, -0.2) is 8.78 Å². The lowest BCUT2D eigenvalue weighted by Crippen LogP contribution is -2.33. The van der Waals surface area contributed by atoms with Gasteiger partial charge in [-0.3, -0.25) is 9.69 Å². The fourth-order valence-electron chi connectivity index (χ4n) is 2.12. The van der Waals surface area contributed by atoms with Crippen LogP contribution < -0.4 is 5.32 Å². The highest BCUT2D eigenvalue weighted by Gasteiger charge is 2.14. The zero-order valence-electron chi connectivity index (χ0n) is 12.4. The summed E-state index contributed by atoms with van der Waals surface area (Å²) in [5.74, 6) is -2.00. The van der Waals surface area contributed by atoms with Crippen molar-refractivity contribution in [2.24, 2.45) is 0 Å². The topological polar surface area (TPSA) is 32.3 Å². The van der Waals surface area contributed by atoms with Crippen LogP contribution in [0.4, 0.5) is 14.5 Å². The maximum atomic E-state index is 13.5. The van der Waals surface area contributed by atoms with Gasteiger partial charge in [0, 0.05) is 6.54 Å². The van der Waals surface area contributed by atoms with Crippen LogP contribution in [0.1, 0.15) is 12.5 Å². The normalized spacial score (nSPS) is 10.7. The summed E-state index contributed by atoms with van der Waals surface area (Å²) in [6.07, 6.45) is 0. The lowest BCUT2D eigenvalue weighted by atomic mass is 10.2. The number of halogens is 2. The molecule has 1 amide bonds. The number of nitrogens with zero attached hydrogens (tertiary/aromatic N) is 1. The zero-order valence-corrected chi connectivity index (χ0v) is 12.4. The number of carbonyl (C=O) groups is 1. The molecule has 0 saturated heterocycles. The average molecular weight is 304 g/mol. The first-order valence-electron chi connectivity index (χ1n) is 7.10. The second-order valence-corrected chi connectivity index (χ2v) is 4.93. The summed E-state index contributed by atoms with van der Waals surface area (Å²) < 4.78 is 27.0. The molecule has 22 heavy (non-hydrogen) atoms. The second kappa shape index (κ2) is 7.66. The van der Waals surface area contributed by atoms with Gasteiger partial charge in [0.15, 0.2) is 0 Å². The molecule has 1 N–H and O–H groups in total. The summed E-state index contributed by atoms with van der Waals surface area (Å²) in [4.78, 5) is 13.9. The molecule has 3 nitrogen and oxygen atoms in total. The maximum absolute atomic E-state index is 13.5. The zero-order chi connectivity index (χ0) is 15.9. The van der Waals surface area contributed by atoms with Gasteiger partial charge in [0.2, 0.25) is 5.91 Å². The van der Waals surface area contributed by atoms with Crippen LogP contribution >= 0.6 is 0 Å². The van der Waals surface area contributed by atoms with Gasteiger partial charge in [0.1, 0.15) is 17.3 Å². The second-order valence-electron chi connectivity index (χ2n) is 4.93. The predicted molar refractivity (Wildman–Crippen MR) is 82.4 cm³/mol. The van der Waals surface area contributed by atoms with Gasteiger partial charge in [-0.05, 0) is 24.2 Å². The van der Waals surface area contributed by atoms with Crippen molar-refractivity contribution in [3.05, 3.63) is 65.7 Å². The number of benzene rings is 2. The Morgan fingerprint density at radius 2 is 1.68 bits per heavy atom. The Hall–Kier alpha value is -2.27. The van der Waals surface area contributed by atoms with Crippen molar-refractivity contribution in [1.29, 1.82) is 0 Å². The third kappa shape index (κ3) is 4.36. The third-order valence-corrected chi connectivity index (χ3v) is 3.29. The Kier molecular flexibility index (Phi) is 5.61. The van der Waals surface area contributed by atoms with Crippen LogP contribution in [-0.2, 0) is 11.3 Å². The van der Waals surface area contributed by atoms with Crippen molar-refractivity contribution < 1.29 is 13.6 Å². The van der Waals surface area contributed by atoms with Crippen LogP contribution in [0, 0.1) is 11.6 Å². The van der Waals surface area contributed by atoms with Crippen LogP contribution in [0.5, 0.6) is 0 Å². The van der Waals surface area contributed by atoms with Crippen LogP contribution in [0.3, 0.4) is 0 Å². The number of carbonyl (C=O) groups excluding carboxylic acids is 1. The van der Waals surface area contributed by atoms with E-state index in [2.05, 4.69) is 5.32 Å². The van der Waals surface area contributed by atoms with Crippen molar-refractivity contribution in [1.82, 2.24) is 4.90 Å². The summed E-state index contributed by atoms with van der Waals surface area (Å²) in [6, 6.07) is 13.2. The van der Waals surface area contributed by atoms with Gasteiger partial charge < -0.3 is 5.32 Å². The molecule has 2 aromatic rings. The lowest BCUT2D eigenvalue weighted by Gasteiger charge is -2.20. The molecule has 0 fully saturated rings. The molecule has 0 radical (unpaired) electrons. The SMILES string of the molecule is CCN(CC(=O)Nc1c(F)cccc1F)Cc1ccccc1. The fourth-order valence-corrected chi connectivity index (χ4v) is 2.12. The Labute approximate surface area is 128 Å². The molecule has 0 aliphatic heterocycles. The Morgan fingerprint density at radius 3 is 2.27 bits per heavy atom. The van der Waals surface area contributed by atoms with E-state index in [-0.39, 0.29) is 6.54 Å². The van der Waals surface area contributed by atoms with Crippen molar-refractivity contribution >= 4 is 11.6 Å². The van der Waals surface area contributed by atoms with E-state index in [1.807, 2.05) is 42.2 Å². The molecule has 5 heteroatoms. The molecule has 0 spiro atoms. The molecular formula is C17H18F2N2O. The highest BCUT2D eigenvalue weighted by molar-refractivity contribution is 5.92. The molecule has 0 aliphatic rings. The quantitative estimate of drug-likeness (QED) is 0.887. The molecule has 0 unspecified atom stereocenters. The summed E-state index contributed by atoms with van der Waals surface area (Å²) >= 11 is 0. The van der Waals surface area contributed by atoms with Crippen molar-refractivity contribution in [3.8, 4) is 0 Å². The van der Waals surface area contributed by atoms with Crippen molar-refractivity contribution in [2.45, 2.75) is 13.5 Å². The van der Waals surface area contributed by atoms with Gasteiger partial charge >= 0.3 is 0 Å². The number of hydrogen-bond acceptors (Lipinski definition) is 2. The molecule has 2 aromatic carbocycles. The summed E-state index contributed by atoms with van der Waals surface area (Å²) in [7, 11) is 0. The first-order chi connectivity index (χ1) is 10.6. The smallest absolute Gasteiger partial charge is 0.238 e. The minimum Gasteiger partial charge on any atom is -0.320 e. The van der Waals surface area contributed by atoms with Crippen LogP contribution in [0.25, 0.3) is 0 Å². The molecule has 0 atom stereocenters. The van der Waals surface area contributed by atoms with Crippen LogP contribution in [-0.4, -0.2) is 23.9 Å². The van der Waals surface area contributed by atoms with E-state index in [0.717, 1.165) is 17.7 Å². The Balaban J connectivity index is 1.98. The number of hydrogen-bond donors (Lipinski definition) is 1.